The summed E-state index contributed by atoms with van der Waals surface area (Å²) in [6.45, 7) is 18.8. The van der Waals surface area contributed by atoms with Crippen LogP contribution in [0.3, 0.4) is 0 Å². The molecule has 0 heterocycles. The molecular formula is C100H144Br3ClF7K2N8NaO16. The summed E-state index contributed by atoms with van der Waals surface area (Å²) in [4.78, 5) is 36.9. The van der Waals surface area contributed by atoms with Gasteiger partial charge in [0.05, 0.1) is 57.3 Å². The van der Waals surface area contributed by atoms with E-state index in [1.165, 1.54) is 10.5 Å². The smallest absolute Gasteiger partial charge is 1.00 e. The summed E-state index contributed by atoms with van der Waals surface area (Å²) in [6.07, 6.45) is 6.98. The van der Waals surface area contributed by atoms with Crippen molar-refractivity contribution in [3.63, 3.8) is 0 Å². The van der Waals surface area contributed by atoms with E-state index in [1.807, 2.05) is 119 Å². The number of aliphatic hydroxyl groups is 11. The molecule has 38 heteroatoms. The molecule has 0 aromatic heterocycles. The minimum Gasteiger partial charge on any atom is -1.00 e. The number of aryl methyl sites for hydroxylation is 1. The van der Waals surface area contributed by atoms with Crippen molar-refractivity contribution in [3.8, 4) is 36.0 Å². The Morgan fingerprint density at radius 2 is 0.775 bits per heavy atom. The Hall–Kier alpha value is -3.62. The number of nitrogens with two attached hydrogens (primary N) is 2. The minimum atomic E-state index is -4.86. The van der Waals surface area contributed by atoms with Gasteiger partial charge < -0.3 is 90.3 Å². The molecule has 0 saturated carbocycles. The molecule has 138 heavy (non-hydrogen) atoms. The number of aliphatic hydroxyl groups excluding tert-OH is 7. The zero-order valence-electron chi connectivity index (χ0n) is 84.0. The minimum absolute atomic E-state index is 0. The second kappa shape index (κ2) is 92.0. The van der Waals surface area contributed by atoms with Crippen molar-refractivity contribution in [3.05, 3.63) is 235 Å². The molecule has 0 aliphatic rings. The number of halogens is 11. The number of carbonyl (C=O) groups is 3. The summed E-state index contributed by atoms with van der Waals surface area (Å²) < 4.78 is 90.8. The Kier molecular flexibility index (Phi) is 98.2. The van der Waals surface area contributed by atoms with Gasteiger partial charge in [-0.3, -0.25) is 23.7 Å². The van der Waals surface area contributed by atoms with E-state index in [-0.39, 0.29) is 198 Å². The fourth-order valence-electron chi connectivity index (χ4n) is 12.9. The molecular weight excluding hydrogens is 2080 g/mol. The van der Waals surface area contributed by atoms with Crippen LogP contribution in [-0.4, -0.2) is 185 Å². The third-order valence-corrected chi connectivity index (χ3v) is 20.8. The van der Waals surface area contributed by atoms with E-state index in [0.29, 0.717) is 62.5 Å². The predicted molar refractivity (Wildman–Crippen MR) is 532 cm³/mol. The molecule has 0 radical (unpaired) electrons. The van der Waals surface area contributed by atoms with Gasteiger partial charge in [-0.1, -0.05) is 274 Å². The van der Waals surface area contributed by atoms with Crippen molar-refractivity contribution >= 4 is 77.4 Å². The molecule has 6 aromatic carbocycles. The van der Waals surface area contributed by atoms with Gasteiger partial charge in [-0.05, 0) is 228 Å². The average Bonchev–Trinajstić information content (AvgIpc) is 0.916. The Balaban J connectivity index is -0.000000202. The van der Waals surface area contributed by atoms with Gasteiger partial charge in [0, 0.05) is 67.9 Å². The molecule has 0 amide bonds. The van der Waals surface area contributed by atoms with Crippen LogP contribution in [0.25, 0.3) is 26.4 Å². The second-order valence-electron chi connectivity index (χ2n) is 31.3. The second-order valence-corrected chi connectivity index (χ2v) is 34.3. The van der Waals surface area contributed by atoms with Gasteiger partial charge in [-0.15, -0.1) is 18.0 Å². The van der Waals surface area contributed by atoms with Crippen LogP contribution in [0.4, 0.5) is 30.7 Å². The molecule has 15 N–H and O–H groups in total. The maximum absolute atomic E-state index is 12.2. The van der Waals surface area contributed by atoms with E-state index in [9.17, 15) is 91.4 Å². The molecule has 6 atom stereocenters. The molecule has 0 fully saturated rings. The summed E-state index contributed by atoms with van der Waals surface area (Å²) in [5.41, 5.74) is 37.7. The average molecular weight is 2220 g/mol. The molecule has 760 valence electrons. The summed E-state index contributed by atoms with van der Waals surface area (Å²) in [7, 11) is -1.00. The first-order valence-corrected chi connectivity index (χ1v) is 47.5. The molecule has 6 rings (SSSR count). The zero-order chi connectivity index (χ0) is 105. The first-order chi connectivity index (χ1) is 64.2. The summed E-state index contributed by atoms with van der Waals surface area (Å²) in [5, 5.41) is 118. The predicted octanol–water partition coefficient (Wildman–Crippen LogP) is 10.7. The first kappa shape index (κ1) is 147. The fraction of sp³-hybridized carbons (Fsp3) is 0.550. The number of benzene rings is 6. The Bertz CT molecular complexity index is 4410. The van der Waals surface area contributed by atoms with Crippen molar-refractivity contribution in [2.45, 2.75) is 313 Å². The molecule has 6 unspecified atom stereocenters. The van der Waals surface area contributed by atoms with Crippen molar-refractivity contribution in [1.29, 1.82) is 0 Å². The van der Waals surface area contributed by atoms with Crippen molar-refractivity contribution in [1.82, 2.24) is 0 Å². The fourth-order valence-corrected chi connectivity index (χ4v) is 14.3. The monoisotopic (exact) mass is 2220 g/mol. The van der Waals surface area contributed by atoms with E-state index in [4.69, 9.17) is 62.6 Å². The summed E-state index contributed by atoms with van der Waals surface area (Å²) in [5.74, 6) is 11.1. The van der Waals surface area contributed by atoms with Gasteiger partial charge in [-0.25, -0.2) is 0 Å². The van der Waals surface area contributed by atoms with E-state index >= 15 is 0 Å². The summed E-state index contributed by atoms with van der Waals surface area (Å²) >= 11 is 15.4. The standard InChI is InChI=1S/C21H27F3O3.C18H31NO2.C18H27NO2.C12H12BrF3O2.C9H10BrClO.C9H10BrN3O.C9H16O.C2H6O.CH3F.CH2O3.2K.N3.Na.H/c1-3-11-20(27,12-4-2)13-10-16-6-5-7-17(14-16)15-18(25)8-9-19(26)21(22,23)24;2*1-3-9-18(21,10-4-2)11-8-15-6-5-7-16(12-15)13-17(20)14-19;13-9-3-1-2-8(6-9)7-10(17)4-5-11(18)12(14,15)16;10-8-3-1-2-7(4-8)5-9(12)6-11;10-8-3-1-2-7(4-8)5-9(14)6-12-13-11;1-4-7-9(10,6-3)8-5-2;1-2-3;1-2;2-1-4-3;;;1-3-2;;/h5-7,14,18,25,27H,3-4,8-9,11-12,15H2,1-2H3;5-7,12,17,20-21H,3-4,8-11,13-14,19H2,1-2H3;5-7,12,17,20-21H,3-4,9-10,13-14,19H2,1-2H3;1-3,6,10,17H,4-5,7H2;1-4,9,12H,5-6H2;1-4,9,14H,5-6H2;3,10H,4-5,7-8H2,1-2H3;3H,2H2,1H3;1H3;1,3H;;;;;/q;;;;;;;;;;2*+1;-1;+1;-1/p-1/i;;;;;;;;1D;;;;;;. The largest absolute Gasteiger partial charge is 1.00 e. The normalized spacial score (nSPS) is 11.8. The zero-order valence-corrected chi connectivity index (χ0v) is 95.7. The van der Waals surface area contributed by atoms with Crippen LogP contribution in [0.1, 0.15) is 250 Å². The molecule has 0 saturated heterocycles. The number of carbonyl (C=O) groups excluding carboxylic acids is 3. The third-order valence-electron chi connectivity index (χ3n) is 18.9. The van der Waals surface area contributed by atoms with Crippen LogP contribution >= 0.6 is 59.4 Å². The number of hydrogen-bond acceptors (Lipinski definition) is 19. The Labute approximate surface area is 953 Å². The molecule has 0 bridgehead atoms. The number of azide groups is 1. The van der Waals surface area contributed by atoms with Gasteiger partial charge in [0.25, 0.3) is 6.47 Å². The molecule has 24 nitrogen and oxygen atoms in total. The van der Waals surface area contributed by atoms with Gasteiger partial charge in [0.15, 0.2) is 0 Å². The van der Waals surface area contributed by atoms with Gasteiger partial charge >= 0.3 is 145 Å². The Morgan fingerprint density at radius 1 is 0.507 bits per heavy atom. The number of alkyl halides is 8. The quantitative estimate of drug-likeness (QED) is 0.00162. The Morgan fingerprint density at radius 3 is 1.05 bits per heavy atom. The molecule has 0 spiro atoms. The van der Waals surface area contributed by atoms with Crippen molar-refractivity contribution < 1.29 is 247 Å². The van der Waals surface area contributed by atoms with E-state index < -0.39 is 103 Å². The van der Waals surface area contributed by atoms with Gasteiger partial charge in [0.2, 0.25) is 11.6 Å². The first-order valence-electron chi connectivity index (χ1n) is 45.3. The SMILES string of the molecule is C#CC(O)(CCC)CCC.CCCC(O)(C#Cc1cccc(CC(O)CCC(=O)C(F)(F)F)c1)CCC.CCCC(O)(C#Cc1cccc(CC(O)CN)c1)CCC.CCCC(O)(CCC)CCc1cccc(CC(O)CN)c1.CCO.O=C(CCC(O)Cc1cccc(Br)c1)C(F)(F)F.O=CO[O-].OC(CCl)Cc1cccc(Br)c1.[2H]CF.[H-].[K+].[K+].[N-]=[N+]=NCC(O)Cc1cccc(Br)c1.[N-]=[N+]=[N-].[Na+]. The number of hydrogen-bond donors (Lipinski definition) is 13. The maximum Gasteiger partial charge on any atom is 1.00 e. The molecule has 0 aliphatic carbocycles. The van der Waals surface area contributed by atoms with E-state index in [0.717, 1.165) is 137 Å². The topological polar surface area (TPSA) is 466 Å². The molecule has 0 aliphatic heterocycles. The summed E-state index contributed by atoms with van der Waals surface area (Å²) in [6, 6.07) is 45.6. The third kappa shape index (κ3) is 82.5. The number of terminal acetylenes is 1. The van der Waals surface area contributed by atoms with Crippen molar-refractivity contribution in [2.75, 3.05) is 39.3 Å². The van der Waals surface area contributed by atoms with Crippen molar-refractivity contribution in [2.24, 2.45) is 16.6 Å². The number of Topliss-reactive ketones (excluding diaryl/α,β-unsaturated/α-hetero) is 2. The number of nitrogens with zero attached hydrogens (tertiary/aromatic N) is 6. The van der Waals surface area contributed by atoms with Crippen LogP contribution < -0.4 is 149 Å². The molecule has 6 aromatic rings. The van der Waals surface area contributed by atoms with E-state index in [2.05, 4.69) is 132 Å². The van der Waals surface area contributed by atoms with Crippen LogP contribution in [0.2, 0.25) is 0 Å². The van der Waals surface area contributed by atoms with Gasteiger partial charge in [0.1, 0.15) is 16.8 Å². The van der Waals surface area contributed by atoms with Crippen LogP contribution in [0.5, 0.6) is 0 Å². The van der Waals surface area contributed by atoms with Crippen LogP contribution in [0.15, 0.2) is 164 Å². The number of rotatable bonds is 43. The van der Waals surface area contributed by atoms with Gasteiger partial charge in [-0.2, -0.15) is 26.3 Å². The van der Waals surface area contributed by atoms with Crippen LogP contribution in [-0.2, 0) is 64.2 Å². The maximum atomic E-state index is 12.2. The van der Waals surface area contributed by atoms with E-state index in [1.54, 1.807) is 49.4 Å². The van der Waals surface area contributed by atoms with Crippen LogP contribution in [0, 0.1) is 36.0 Å². The number of ketones is 2.